The average Bonchev–Trinajstić information content (AvgIpc) is 3.18. The van der Waals surface area contributed by atoms with Crippen molar-refractivity contribution in [3.63, 3.8) is 0 Å². The van der Waals surface area contributed by atoms with Crippen molar-refractivity contribution in [2.75, 3.05) is 24.0 Å². The first kappa shape index (κ1) is 26.1. The Morgan fingerprint density at radius 2 is 1.06 bits per heavy atom. The molecule has 3 rings (SSSR count). The van der Waals surface area contributed by atoms with Gasteiger partial charge in [-0.2, -0.15) is 0 Å². The van der Waals surface area contributed by atoms with Gasteiger partial charge in [0.1, 0.15) is 5.82 Å². The van der Waals surface area contributed by atoms with Gasteiger partial charge in [0.2, 0.25) is 0 Å². The summed E-state index contributed by atoms with van der Waals surface area (Å²) < 4.78 is 9.93. The molecule has 6 nitrogen and oxygen atoms in total. The maximum absolute atomic E-state index is 12.5. The standard InChI is InChI=1S/C29H36N2O4/c1-18-13-20(3)27(21(4)14-18)30-11-12-31(28-22(5)15-19(2)16-23(28)6)29(30)24(17-26(33)35-8)9-10-25(32)34-7/h11-16H,9-10,17H2,1-8H3. The Bertz CT molecular complexity index is 1090. The van der Waals surface area contributed by atoms with E-state index < -0.39 is 0 Å². The number of nitrogens with zero attached hydrogens (tertiary/aromatic N) is 2. The average molecular weight is 477 g/mol. The van der Waals surface area contributed by atoms with Crippen LogP contribution < -0.4 is 9.80 Å². The molecule has 0 saturated heterocycles. The van der Waals surface area contributed by atoms with Gasteiger partial charge in [0.15, 0.2) is 0 Å². The van der Waals surface area contributed by atoms with Crippen molar-refractivity contribution < 1.29 is 19.1 Å². The lowest BCUT2D eigenvalue weighted by molar-refractivity contribution is -0.142. The molecule has 1 aliphatic heterocycles. The highest BCUT2D eigenvalue weighted by Crippen LogP contribution is 2.41. The van der Waals surface area contributed by atoms with E-state index in [9.17, 15) is 9.59 Å². The number of anilines is 2. The monoisotopic (exact) mass is 476 g/mol. The fourth-order valence-electron chi connectivity index (χ4n) is 5.08. The van der Waals surface area contributed by atoms with Crippen LogP contribution in [0.2, 0.25) is 0 Å². The number of methoxy groups -OCH3 is 2. The number of carbonyl (C=O) groups excluding carboxylic acids is 2. The fourth-order valence-corrected chi connectivity index (χ4v) is 5.08. The van der Waals surface area contributed by atoms with Crippen molar-refractivity contribution in [2.45, 2.75) is 60.8 Å². The largest absolute Gasteiger partial charge is 0.469 e. The van der Waals surface area contributed by atoms with Gasteiger partial charge < -0.3 is 19.3 Å². The molecule has 0 amide bonds. The van der Waals surface area contributed by atoms with Crippen LogP contribution in [0.25, 0.3) is 0 Å². The highest BCUT2D eigenvalue weighted by Gasteiger charge is 2.31. The van der Waals surface area contributed by atoms with Gasteiger partial charge in [0.05, 0.1) is 32.0 Å². The Hall–Kier alpha value is -3.54. The number of carbonyl (C=O) groups is 2. The number of hydrogen-bond acceptors (Lipinski definition) is 6. The van der Waals surface area contributed by atoms with E-state index in [0.29, 0.717) is 6.42 Å². The minimum atomic E-state index is -0.348. The van der Waals surface area contributed by atoms with E-state index in [1.165, 1.54) is 25.3 Å². The van der Waals surface area contributed by atoms with E-state index in [-0.39, 0.29) is 24.8 Å². The first-order chi connectivity index (χ1) is 16.6. The predicted octanol–water partition coefficient (Wildman–Crippen LogP) is 6.06. The zero-order chi connectivity index (χ0) is 25.9. The van der Waals surface area contributed by atoms with Crippen LogP contribution in [0, 0.1) is 41.5 Å². The lowest BCUT2D eigenvalue weighted by Gasteiger charge is -2.32. The first-order valence-electron chi connectivity index (χ1n) is 11.9. The Balaban J connectivity index is 2.28. The topological polar surface area (TPSA) is 59.1 Å². The molecule has 0 radical (unpaired) electrons. The molecular formula is C29H36N2O4. The van der Waals surface area contributed by atoms with E-state index in [1.54, 1.807) is 0 Å². The van der Waals surface area contributed by atoms with Crippen LogP contribution >= 0.6 is 0 Å². The Morgan fingerprint density at radius 3 is 1.43 bits per heavy atom. The third-order valence-electron chi connectivity index (χ3n) is 6.33. The van der Waals surface area contributed by atoms with Gasteiger partial charge in [-0.15, -0.1) is 0 Å². The summed E-state index contributed by atoms with van der Waals surface area (Å²) in [7, 11) is 2.76. The van der Waals surface area contributed by atoms with Gasteiger partial charge in [0, 0.05) is 18.8 Å². The van der Waals surface area contributed by atoms with Crippen molar-refractivity contribution in [1.29, 1.82) is 0 Å². The van der Waals surface area contributed by atoms with Gasteiger partial charge in [0.25, 0.3) is 0 Å². The zero-order valence-electron chi connectivity index (χ0n) is 22.1. The van der Waals surface area contributed by atoms with Gasteiger partial charge in [-0.05, 0) is 75.8 Å². The SMILES string of the molecule is COC(=O)CCC(CC(=O)OC)=C1N(c2c(C)cc(C)cc2C)C=CN1c1c(C)cc(C)cc1C. The third-order valence-corrected chi connectivity index (χ3v) is 6.33. The van der Waals surface area contributed by atoms with Crippen molar-refractivity contribution in [3.05, 3.63) is 81.4 Å². The van der Waals surface area contributed by atoms with Crippen LogP contribution in [0.15, 0.2) is 48.1 Å². The van der Waals surface area contributed by atoms with Crippen LogP contribution in [-0.4, -0.2) is 26.2 Å². The van der Waals surface area contributed by atoms with Crippen molar-refractivity contribution in [2.24, 2.45) is 0 Å². The molecule has 0 aromatic heterocycles. The van der Waals surface area contributed by atoms with Crippen LogP contribution in [-0.2, 0) is 19.1 Å². The molecule has 0 bridgehead atoms. The minimum Gasteiger partial charge on any atom is -0.469 e. The van der Waals surface area contributed by atoms with Gasteiger partial charge in [-0.25, -0.2) is 0 Å². The van der Waals surface area contributed by atoms with E-state index in [1.807, 2.05) is 12.4 Å². The zero-order valence-corrected chi connectivity index (χ0v) is 22.1. The summed E-state index contributed by atoms with van der Waals surface area (Å²) in [5.74, 6) is 0.186. The summed E-state index contributed by atoms with van der Waals surface area (Å²) in [6.07, 6.45) is 4.69. The summed E-state index contributed by atoms with van der Waals surface area (Å²) in [4.78, 5) is 28.9. The summed E-state index contributed by atoms with van der Waals surface area (Å²) in [6, 6.07) is 8.64. The molecule has 2 aromatic carbocycles. The van der Waals surface area contributed by atoms with E-state index >= 15 is 0 Å². The highest BCUT2D eigenvalue weighted by atomic mass is 16.5. The molecule has 35 heavy (non-hydrogen) atoms. The number of benzene rings is 2. The fraction of sp³-hybridized carbons (Fsp3) is 0.379. The number of rotatable bonds is 7. The quantitative estimate of drug-likeness (QED) is 0.453. The second kappa shape index (κ2) is 10.8. The maximum atomic E-state index is 12.5. The Labute approximate surface area is 208 Å². The lowest BCUT2D eigenvalue weighted by Crippen LogP contribution is -2.27. The van der Waals surface area contributed by atoms with Crippen LogP contribution in [0.5, 0.6) is 0 Å². The highest BCUT2D eigenvalue weighted by molar-refractivity contribution is 5.80. The molecule has 2 aromatic rings. The molecule has 186 valence electrons. The van der Waals surface area contributed by atoms with Crippen LogP contribution in [0.4, 0.5) is 11.4 Å². The molecule has 1 aliphatic rings. The molecule has 6 heteroatoms. The van der Waals surface area contributed by atoms with Crippen LogP contribution in [0.3, 0.4) is 0 Å². The number of ether oxygens (including phenoxy) is 2. The summed E-state index contributed by atoms with van der Waals surface area (Å²) in [6.45, 7) is 12.6. The molecule has 0 spiro atoms. The second-order valence-corrected chi connectivity index (χ2v) is 9.29. The first-order valence-corrected chi connectivity index (χ1v) is 11.9. The molecule has 0 saturated carbocycles. The summed E-state index contributed by atoms with van der Waals surface area (Å²) in [5.41, 5.74) is 9.86. The number of hydrogen-bond donors (Lipinski definition) is 0. The van der Waals surface area contributed by atoms with Crippen molar-refractivity contribution >= 4 is 23.3 Å². The van der Waals surface area contributed by atoms with Gasteiger partial charge in [-0.3, -0.25) is 9.59 Å². The van der Waals surface area contributed by atoms with Gasteiger partial charge in [-0.1, -0.05) is 35.4 Å². The molecular weight excluding hydrogens is 440 g/mol. The minimum absolute atomic E-state index is 0.0748. The molecule has 0 atom stereocenters. The van der Waals surface area contributed by atoms with Crippen LogP contribution in [0.1, 0.15) is 52.6 Å². The molecule has 0 unspecified atom stereocenters. The third kappa shape index (κ3) is 5.59. The smallest absolute Gasteiger partial charge is 0.309 e. The van der Waals surface area contributed by atoms with Crippen molar-refractivity contribution in [3.8, 4) is 0 Å². The molecule has 0 fully saturated rings. The number of aryl methyl sites for hydroxylation is 6. The molecule has 0 aliphatic carbocycles. The van der Waals surface area contributed by atoms with Gasteiger partial charge >= 0.3 is 11.9 Å². The lowest BCUT2D eigenvalue weighted by atomic mass is 10.0. The number of esters is 2. The Kier molecular flexibility index (Phi) is 8.05. The second-order valence-electron chi connectivity index (χ2n) is 9.29. The molecule has 0 N–H and O–H groups in total. The normalized spacial score (nSPS) is 12.9. The maximum Gasteiger partial charge on any atom is 0.309 e. The predicted molar refractivity (Wildman–Crippen MR) is 140 cm³/mol. The Morgan fingerprint density at radius 1 is 0.657 bits per heavy atom. The van der Waals surface area contributed by atoms with E-state index in [0.717, 1.165) is 45.0 Å². The van der Waals surface area contributed by atoms with E-state index in [2.05, 4.69) is 75.6 Å². The molecule has 1 heterocycles. The summed E-state index contributed by atoms with van der Waals surface area (Å²) >= 11 is 0. The summed E-state index contributed by atoms with van der Waals surface area (Å²) in [5, 5.41) is 0. The van der Waals surface area contributed by atoms with Crippen molar-refractivity contribution in [1.82, 2.24) is 0 Å². The van der Waals surface area contributed by atoms with E-state index in [4.69, 9.17) is 9.47 Å².